The number of rotatable bonds is 6. The highest BCUT2D eigenvalue weighted by Gasteiger charge is 2.07. The standard InChI is InChI=1S/C18H16N2O5S/c1-23-14-5-3-12(15(10-14)24-2)4-6-17(22)25-11-13-9-16(21)20-7-8-26-18(20)19-13/h3-10H,11H2,1-2H3. The molecular weight excluding hydrogens is 356 g/mol. The zero-order valence-corrected chi connectivity index (χ0v) is 15.0. The van der Waals surface area contributed by atoms with Gasteiger partial charge in [0.1, 0.15) is 18.1 Å². The third-order valence-corrected chi connectivity index (χ3v) is 4.31. The van der Waals surface area contributed by atoms with E-state index in [2.05, 4.69) is 4.98 Å². The molecule has 0 amide bonds. The van der Waals surface area contributed by atoms with Crippen molar-refractivity contribution in [2.75, 3.05) is 14.2 Å². The monoisotopic (exact) mass is 372 g/mol. The molecule has 2 heterocycles. The Balaban J connectivity index is 1.66. The molecule has 0 aliphatic rings. The summed E-state index contributed by atoms with van der Waals surface area (Å²) in [6.45, 7) is -0.0768. The summed E-state index contributed by atoms with van der Waals surface area (Å²) in [5, 5.41) is 1.77. The van der Waals surface area contributed by atoms with Gasteiger partial charge in [-0.25, -0.2) is 9.78 Å². The number of aromatic nitrogens is 2. The summed E-state index contributed by atoms with van der Waals surface area (Å²) in [4.78, 5) is 28.7. The summed E-state index contributed by atoms with van der Waals surface area (Å²) in [5.74, 6) is 0.685. The molecular formula is C18H16N2O5S. The van der Waals surface area contributed by atoms with Crippen molar-refractivity contribution in [3.05, 3.63) is 63.5 Å². The van der Waals surface area contributed by atoms with Gasteiger partial charge in [-0.05, 0) is 18.2 Å². The van der Waals surface area contributed by atoms with E-state index in [0.717, 1.165) is 0 Å². The molecule has 0 unspecified atom stereocenters. The maximum Gasteiger partial charge on any atom is 0.331 e. The zero-order chi connectivity index (χ0) is 18.5. The SMILES string of the molecule is COc1ccc(C=CC(=O)OCc2cc(=O)n3ccsc3n2)c(OC)c1. The van der Waals surface area contributed by atoms with Crippen LogP contribution in [0.2, 0.25) is 0 Å². The molecule has 0 fully saturated rings. The number of hydrogen-bond acceptors (Lipinski definition) is 7. The average Bonchev–Trinajstić information content (AvgIpc) is 3.13. The Kier molecular flexibility index (Phi) is 5.33. The van der Waals surface area contributed by atoms with Crippen LogP contribution in [0.1, 0.15) is 11.3 Å². The minimum atomic E-state index is -0.545. The Morgan fingerprint density at radius 2 is 2.12 bits per heavy atom. The molecule has 1 aromatic carbocycles. The number of fused-ring (bicyclic) bond motifs is 1. The number of hydrogen-bond donors (Lipinski definition) is 0. The summed E-state index contributed by atoms with van der Waals surface area (Å²) in [6, 6.07) is 6.61. The first-order chi connectivity index (χ1) is 12.6. The van der Waals surface area contributed by atoms with Gasteiger partial charge in [0.15, 0.2) is 4.96 Å². The van der Waals surface area contributed by atoms with E-state index >= 15 is 0 Å². The Morgan fingerprint density at radius 1 is 1.27 bits per heavy atom. The molecule has 26 heavy (non-hydrogen) atoms. The lowest BCUT2D eigenvalue weighted by Crippen LogP contribution is -2.14. The Bertz CT molecular complexity index is 1020. The van der Waals surface area contributed by atoms with E-state index in [0.29, 0.717) is 27.7 Å². The third-order valence-electron chi connectivity index (χ3n) is 3.56. The minimum Gasteiger partial charge on any atom is -0.497 e. The second-order valence-corrected chi connectivity index (χ2v) is 6.06. The highest BCUT2D eigenvalue weighted by atomic mass is 32.1. The van der Waals surface area contributed by atoms with Crippen molar-refractivity contribution in [3.8, 4) is 11.5 Å². The Labute approximate surface area is 153 Å². The van der Waals surface area contributed by atoms with E-state index in [-0.39, 0.29) is 12.2 Å². The van der Waals surface area contributed by atoms with Crippen molar-refractivity contribution in [1.29, 1.82) is 0 Å². The smallest absolute Gasteiger partial charge is 0.331 e. The molecule has 0 spiro atoms. The molecule has 7 nitrogen and oxygen atoms in total. The van der Waals surface area contributed by atoms with Crippen molar-refractivity contribution in [3.63, 3.8) is 0 Å². The van der Waals surface area contributed by atoms with Crippen LogP contribution in [0.3, 0.4) is 0 Å². The summed E-state index contributed by atoms with van der Waals surface area (Å²) in [7, 11) is 3.10. The summed E-state index contributed by atoms with van der Waals surface area (Å²) in [5.41, 5.74) is 0.906. The summed E-state index contributed by atoms with van der Waals surface area (Å²) >= 11 is 1.34. The number of thiazole rings is 1. The maximum atomic E-state index is 11.9. The fraction of sp³-hybridized carbons (Fsp3) is 0.167. The van der Waals surface area contributed by atoms with Crippen LogP contribution in [0.15, 0.2) is 46.7 Å². The number of ether oxygens (including phenoxy) is 3. The topological polar surface area (TPSA) is 79.1 Å². The van der Waals surface area contributed by atoms with Crippen LogP contribution in [-0.4, -0.2) is 29.6 Å². The second kappa shape index (κ2) is 7.83. The maximum absolute atomic E-state index is 11.9. The van der Waals surface area contributed by atoms with E-state index in [1.807, 2.05) is 0 Å². The van der Waals surface area contributed by atoms with Gasteiger partial charge in [0.25, 0.3) is 5.56 Å². The van der Waals surface area contributed by atoms with Crippen LogP contribution in [0.25, 0.3) is 11.0 Å². The van der Waals surface area contributed by atoms with Crippen LogP contribution < -0.4 is 15.0 Å². The second-order valence-electron chi connectivity index (χ2n) is 5.19. The first-order valence-corrected chi connectivity index (χ1v) is 8.51. The highest BCUT2D eigenvalue weighted by Crippen LogP contribution is 2.25. The lowest BCUT2D eigenvalue weighted by Gasteiger charge is -2.07. The number of nitrogens with zero attached hydrogens (tertiary/aromatic N) is 2. The van der Waals surface area contributed by atoms with Gasteiger partial charge in [-0.3, -0.25) is 9.20 Å². The van der Waals surface area contributed by atoms with Crippen molar-refractivity contribution in [1.82, 2.24) is 9.38 Å². The predicted octanol–water partition coefficient (Wildman–Crippen LogP) is 2.53. The van der Waals surface area contributed by atoms with Crippen LogP contribution >= 0.6 is 11.3 Å². The lowest BCUT2D eigenvalue weighted by molar-refractivity contribution is -0.139. The minimum absolute atomic E-state index is 0.0768. The normalized spacial score (nSPS) is 11.0. The lowest BCUT2D eigenvalue weighted by atomic mass is 10.2. The molecule has 134 valence electrons. The molecule has 0 bridgehead atoms. The number of carbonyl (C=O) groups is 1. The molecule has 0 N–H and O–H groups in total. The van der Waals surface area contributed by atoms with Gasteiger partial charge in [0, 0.05) is 35.3 Å². The van der Waals surface area contributed by atoms with E-state index in [1.165, 1.54) is 35.0 Å². The summed E-state index contributed by atoms with van der Waals surface area (Å²) < 4.78 is 17.0. The van der Waals surface area contributed by atoms with Gasteiger partial charge in [-0.15, -0.1) is 11.3 Å². The van der Waals surface area contributed by atoms with E-state index in [1.54, 1.807) is 43.0 Å². The molecule has 3 aromatic rings. The number of carbonyl (C=O) groups excluding carboxylic acids is 1. The van der Waals surface area contributed by atoms with Gasteiger partial charge in [0.2, 0.25) is 0 Å². The highest BCUT2D eigenvalue weighted by molar-refractivity contribution is 7.15. The molecule has 2 aromatic heterocycles. The fourth-order valence-corrected chi connectivity index (χ4v) is 3.01. The molecule has 3 rings (SSSR count). The molecule has 0 saturated heterocycles. The fourth-order valence-electron chi connectivity index (χ4n) is 2.27. The molecule has 0 radical (unpaired) electrons. The number of methoxy groups -OCH3 is 2. The summed E-state index contributed by atoms with van der Waals surface area (Å²) in [6.07, 6.45) is 4.53. The van der Waals surface area contributed by atoms with Crippen LogP contribution in [-0.2, 0) is 16.1 Å². The zero-order valence-electron chi connectivity index (χ0n) is 14.2. The Morgan fingerprint density at radius 3 is 2.88 bits per heavy atom. The molecule has 8 heteroatoms. The third kappa shape index (κ3) is 3.92. The van der Waals surface area contributed by atoms with Crippen LogP contribution in [0.5, 0.6) is 11.5 Å². The average molecular weight is 372 g/mol. The van der Waals surface area contributed by atoms with E-state index in [4.69, 9.17) is 14.2 Å². The number of esters is 1. The largest absolute Gasteiger partial charge is 0.497 e. The van der Waals surface area contributed by atoms with Crippen molar-refractivity contribution >= 4 is 28.3 Å². The Hall–Kier alpha value is -3.13. The van der Waals surface area contributed by atoms with E-state index < -0.39 is 5.97 Å². The number of benzene rings is 1. The van der Waals surface area contributed by atoms with E-state index in [9.17, 15) is 9.59 Å². The molecule has 0 atom stereocenters. The molecule has 0 aliphatic carbocycles. The quantitative estimate of drug-likeness (QED) is 0.489. The van der Waals surface area contributed by atoms with Crippen molar-refractivity contribution < 1.29 is 19.0 Å². The molecule has 0 aliphatic heterocycles. The molecule has 0 saturated carbocycles. The van der Waals surface area contributed by atoms with Crippen molar-refractivity contribution in [2.45, 2.75) is 6.61 Å². The van der Waals surface area contributed by atoms with Crippen LogP contribution in [0.4, 0.5) is 0 Å². The van der Waals surface area contributed by atoms with Crippen LogP contribution in [0, 0.1) is 0 Å². The van der Waals surface area contributed by atoms with Crippen molar-refractivity contribution in [2.24, 2.45) is 0 Å². The van der Waals surface area contributed by atoms with Gasteiger partial charge >= 0.3 is 5.97 Å². The first kappa shape index (κ1) is 17.7. The van der Waals surface area contributed by atoms with Gasteiger partial charge in [-0.1, -0.05) is 0 Å². The van der Waals surface area contributed by atoms with Gasteiger partial charge in [-0.2, -0.15) is 0 Å². The first-order valence-electron chi connectivity index (χ1n) is 7.63. The predicted molar refractivity (Wildman–Crippen MR) is 97.7 cm³/mol. The van der Waals surface area contributed by atoms with Gasteiger partial charge < -0.3 is 14.2 Å². The van der Waals surface area contributed by atoms with Gasteiger partial charge in [0.05, 0.1) is 19.9 Å².